The summed E-state index contributed by atoms with van der Waals surface area (Å²) >= 11 is 6.19. The SMILES string of the molecule is Cc1nnc2c3ccc(Cl)cc3nc(N3CCN(C(=O)NCc4ccccc4)CC3)n12. The van der Waals surface area contributed by atoms with Crippen LogP contribution in [-0.4, -0.2) is 56.7 Å². The van der Waals surface area contributed by atoms with E-state index >= 15 is 0 Å². The Morgan fingerprint density at radius 1 is 1.06 bits per heavy atom. The molecule has 1 saturated heterocycles. The Labute approximate surface area is 184 Å². The first-order valence-electron chi connectivity index (χ1n) is 10.2. The molecule has 1 fully saturated rings. The normalized spacial score (nSPS) is 14.4. The molecule has 2 aromatic heterocycles. The number of halogens is 1. The van der Waals surface area contributed by atoms with E-state index in [1.807, 2.05) is 64.8 Å². The smallest absolute Gasteiger partial charge is 0.317 e. The molecule has 0 saturated carbocycles. The van der Waals surface area contributed by atoms with Gasteiger partial charge in [0.15, 0.2) is 5.65 Å². The average molecular weight is 436 g/mol. The molecule has 0 unspecified atom stereocenters. The molecule has 0 aliphatic carbocycles. The van der Waals surface area contributed by atoms with E-state index in [2.05, 4.69) is 20.4 Å². The molecular formula is C22H22ClN7O. The number of carbonyl (C=O) groups is 1. The average Bonchev–Trinajstić information content (AvgIpc) is 3.19. The number of aryl methyl sites for hydroxylation is 1. The molecule has 4 aromatic rings. The molecule has 1 aliphatic rings. The monoisotopic (exact) mass is 435 g/mol. The molecular weight excluding hydrogens is 414 g/mol. The van der Waals surface area contributed by atoms with Crippen LogP contribution >= 0.6 is 11.6 Å². The number of carbonyl (C=O) groups excluding carboxylic acids is 1. The summed E-state index contributed by atoms with van der Waals surface area (Å²) in [6.45, 7) is 5.00. The van der Waals surface area contributed by atoms with Crippen molar-refractivity contribution in [2.24, 2.45) is 0 Å². The lowest BCUT2D eigenvalue weighted by molar-refractivity contribution is 0.193. The molecule has 2 aromatic carbocycles. The third-order valence-corrected chi connectivity index (χ3v) is 5.82. The quantitative estimate of drug-likeness (QED) is 0.534. The van der Waals surface area contributed by atoms with Gasteiger partial charge in [0.2, 0.25) is 5.95 Å². The maximum Gasteiger partial charge on any atom is 0.317 e. The molecule has 5 rings (SSSR count). The third-order valence-electron chi connectivity index (χ3n) is 5.58. The van der Waals surface area contributed by atoms with Crippen LogP contribution < -0.4 is 10.2 Å². The van der Waals surface area contributed by atoms with Gasteiger partial charge in [-0.25, -0.2) is 14.2 Å². The highest BCUT2D eigenvalue weighted by Gasteiger charge is 2.25. The zero-order chi connectivity index (χ0) is 21.4. The number of nitrogens with one attached hydrogen (secondary N) is 1. The Bertz CT molecular complexity index is 1250. The first-order valence-corrected chi connectivity index (χ1v) is 10.6. The summed E-state index contributed by atoms with van der Waals surface area (Å²) in [6.07, 6.45) is 0. The maximum absolute atomic E-state index is 12.6. The van der Waals surface area contributed by atoms with E-state index in [1.54, 1.807) is 0 Å². The van der Waals surface area contributed by atoms with Gasteiger partial charge in [0.25, 0.3) is 0 Å². The van der Waals surface area contributed by atoms with Crippen LogP contribution in [0, 0.1) is 6.92 Å². The number of piperazine rings is 1. The first-order chi connectivity index (χ1) is 15.1. The van der Waals surface area contributed by atoms with Gasteiger partial charge in [-0.05, 0) is 30.7 Å². The highest BCUT2D eigenvalue weighted by atomic mass is 35.5. The number of urea groups is 1. The number of nitrogens with zero attached hydrogens (tertiary/aromatic N) is 6. The van der Waals surface area contributed by atoms with Crippen molar-refractivity contribution in [2.75, 3.05) is 31.1 Å². The summed E-state index contributed by atoms with van der Waals surface area (Å²) in [4.78, 5) is 21.5. The summed E-state index contributed by atoms with van der Waals surface area (Å²) in [5.41, 5.74) is 2.63. The van der Waals surface area contributed by atoms with Crippen LogP contribution in [-0.2, 0) is 6.54 Å². The molecule has 3 heterocycles. The molecule has 1 aliphatic heterocycles. The van der Waals surface area contributed by atoms with Crippen molar-refractivity contribution in [3.05, 3.63) is 64.9 Å². The number of aromatic nitrogens is 4. The Balaban J connectivity index is 1.34. The van der Waals surface area contributed by atoms with Gasteiger partial charge in [0.1, 0.15) is 5.82 Å². The van der Waals surface area contributed by atoms with Crippen LogP contribution in [0.3, 0.4) is 0 Å². The van der Waals surface area contributed by atoms with Crippen LogP contribution in [0.4, 0.5) is 10.7 Å². The van der Waals surface area contributed by atoms with E-state index in [1.165, 1.54) is 0 Å². The van der Waals surface area contributed by atoms with Gasteiger partial charge in [0.05, 0.1) is 5.52 Å². The van der Waals surface area contributed by atoms with Crippen LogP contribution in [0.2, 0.25) is 5.02 Å². The van der Waals surface area contributed by atoms with E-state index < -0.39 is 0 Å². The van der Waals surface area contributed by atoms with Gasteiger partial charge < -0.3 is 15.1 Å². The summed E-state index contributed by atoms with van der Waals surface area (Å²) in [5, 5.41) is 13.2. The second kappa shape index (κ2) is 8.03. The van der Waals surface area contributed by atoms with Crippen molar-refractivity contribution in [3.63, 3.8) is 0 Å². The minimum Gasteiger partial charge on any atom is -0.338 e. The molecule has 0 spiro atoms. The van der Waals surface area contributed by atoms with E-state index in [-0.39, 0.29) is 6.03 Å². The third kappa shape index (κ3) is 3.74. The van der Waals surface area contributed by atoms with Gasteiger partial charge >= 0.3 is 6.03 Å². The molecule has 0 radical (unpaired) electrons. The van der Waals surface area contributed by atoms with Crippen molar-refractivity contribution >= 4 is 40.1 Å². The van der Waals surface area contributed by atoms with Crippen molar-refractivity contribution in [2.45, 2.75) is 13.5 Å². The molecule has 0 atom stereocenters. The summed E-state index contributed by atoms with van der Waals surface area (Å²) in [7, 11) is 0. The number of hydrogen-bond donors (Lipinski definition) is 1. The van der Waals surface area contributed by atoms with Crippen molar-refractivity contribution in [1.82, 2.24) is 29.8 Å². The predicted octanol–water partition coefficient (Wildman–Crippen LogP) is 3.27. The number of hydrogen-bond acceptors (Lipinski definition) is 5. The Morgan fingerprint density at radius 3 is 2.61 bits per heavy atom. The fraction of sp³-hybridized carbons (Fsp3) is 0.273. The van der Waals surface area contributed by atoms with E-state index in [0.717, 1.165) is 33.9 Å². The fourth-order valence-corrected chi connectivity index (χ4v) is 4.09. The molecule has 0 bridgehead atoms. The van der Waals surface area contributed by atoms with Crippen molar-refractivity contribution < 1.29 is 4.79 Å². The lowest BCUT2D eigenvalue weighted by Crippen LogP contribution is -2.52. The molecule has 2 amide bonds. The maximum atomic E-state index is 12.6. The van der Waals surface area contributed by atoms with Gasteiger partial charge in [-0.3, -0.25) is 0 Å². The molecule has 158 valence electrons. The van der Waals surface area contributed by atoms with Crippen LogP contribution in [0.5, 0.6) is 0 Å². The molecule has 9 heteroatoms. The molecule has 1 N–H and O–H groups in total. The zero-order valence-corrected chi connectivity index (χ0v) is 17.9. The number of fused-ring (bicyclic) bond motifs is 3. The van der Waals surface area contributed by atoms with Crippen LogP contribution in [0.1, 0.15) is 11.4 Å². The Morgan fingerprint density at radius 2 is 1.84 bits per heavy atom. The zero-order valence-electron chi connectivity index (χ0n) is 17.1. The lowest BCUT2D eigenvalue weighted by atomic mass is 10.2. The second-order valence-corrected chi connectivity index (χ2v) is 8.03. The topological polar surface area (TPSA) is 78.7 Å². The van der Waals surface area contributed by atoms with E-state index in [0.29, 0.717) is 37.7 Å². The standard InChI is InChI=1S/C22H22ClN7O/c1-15-26-27-20-18-8-7-17(23)13-19(18)25-21(30(15)20)28-9-11-29(12-10-28)22(31)24-14-16-5-3-2-4-6-16/h2-8,13H,9-12,14H2,1H3,(H,24,31). The number of amides is 2. The minimum atomic E-state index is -0.0487. The van der Waals surface area contributed by atoms with Crippen LogP contribution in [0.25, 0.3) is 16.6 Å². The summed E-state index contributed by atoms with van der Waals surface area (Å²) < 4.78 is 1.97. The highest BCUT2D eigenvalue weighted by Crippen LogP contribution is 2.26. The lowest BCUT2D eigenvalue weighted by Gasteiger charge is -2.35. The predicted molar refractivity (Wildman–Crippen MR) is 120 cm³/mol. The Hall–Kier alpha value is -3.39. The number of benzene rings is 2. The second-order valence-electron chi connectivity index (χ2n) is 7.60. The largest absolute Gasteiger partial charge is 0.338 e. The van der Waals surface area contributed by atoms with E-state index in [4.69, 9.17) is 16.6 Å². The Kier molecular flexibility index (Phi) is 5.07. The van der Waals surface area contributed by atoms with Gasteiger partial charge in [-0.15, -0.1) is 10.2 Å². The first kappa shape index (κ1) is 19.6. The number of rotatable bonds is 3. The fourth-order valence-electron chi connectivity index (χ4n) is 3.93. The van der Waals surface area contributed by atoms with Crippen molar-refractivity contribution in [1.29, 1.82) is 0 Å². The number of anilines is 1. The highest BCUT2D eigenvalue weighted by molar-refractivity contribution is 6.31. The van der Waals surface area contributed by atoms with E-state index in [9.17, 15) is 4.79 Å². The molecule has 31 heavy (non-hydrogen) atoms. The van der Waals surface area contributed by atoms with Gasteiger partial charge in [-0.2, -0.15) is 0 Å². The van der Waals surface area contributed by atoms with Gasteiger partial charge in [0, 0.05) is 43.1 Å². The van der Waals surface area contributed by atoms with Gasteiger partial charge in [-0.1, -0.05) is 41.9 Å². The summed E-state index contributed by atoms with van der Waals surface area (Å²) in [6, 6.07) is 15.5. The molecule has 8 nitrogen and oxygen atoms in total. The van der Waals surface area contributed by atoms with Crippen LogP contribution in [0.15, 0.2) is 48.5 Å². The summed E-state index contributed by atoms with van der Waals surface area (Å²) in [5.74, 6) is 1.55. The van der Waals surface area contributed by atoms with Crippen molar-refractivity contribution in [3.8, 4) is 0 Å². The minimum absolute atomic E-state index is 0.0487.